The number of hydrogen-bond acceptors (Lipinski definition) is 9. The molecule has 0 saturated heterocycles. The maximum absolute atomic E-state index is 13.7. The number of aliphatic imine (C=N–C) groups is 1. The van der Waals surface area contributed by atoms with Crippen molar-refractivity contribution < 1.29 is 42.6 Å². The van der Waals surface area contributed by atoms with Gasteiger partial charge in [0.2, 0.25) is 5.91 Å². The number of ether oxygens (including phenoxy) is 1. The summed E-state index contributed by atoms with van der Waals surface area (Å²) in [6, 6.07) is 6.55. The second-order valence-electron chi connectivity index (χ2n) is 12.1. The predicted molar refractivity (Wildman–Crippen MR) is 189 cm³/mol. The number of carbonyl (C=O) groups excluding carboxylic acids is 4. The molecule has 0 heterocycles. The van der Waals surface area contributed by atoms with Crippen LogP contribution in [0.2, 0.25) is 5.02 Å². The summed E-state index contributed by atoms with van der Waals surface area (Å²) in [7, 11) is -2.41. The summed E-state index contributed by atoms with van der Waals surface area (Å²) in [4.78, 5) is 56.7. The number of amides is 4. The maximum atomic E-state index is 13.7. The van der Waals surface area contributed by atoms with Gasteiger partial charge in [0.25, 0.3) is 0 Å². The molecule has 15 heteroatoms. The lowest BCUT2D eigenvalue weighted by Crippen LogP contribution is -2.40. The predicted octanol–water partition coefficient (Wildman–Crippen LogP) is 6.50. The van der Waals surface area contributed by atoms with Gasteiger partial charge in [0.1, 0.15) is 6.61 Å². The van der Waals surface area contributed by atoms with Gasteiger partial charge in [0.15, 0.2) is 11.6 Å². The third kappa shape index (κ3) is 15.7. The molecule has 0 aliphatic heterocycles. The SMILES string of the molecule is CCNC(=O)NCCN(C)C(=O)CC[C@H](CCC(=O)/C(CC1CCCCC1)=N/C(=O)OCc1cccc(Cl)c1)C(O)P(=O)(OCC)OCC. The number of carbonyl (C=O) groups is 4. The molecule has 1 aliphatic carbocycles. The highest BCUT2D eigenvalue weighted by Crippen LogP contribution is 2.55. The number of ketones is 1. The number of rotatable bonds is 21. The first-order valence-electron chi connectivity index (χ1n) is 17.3. The second-order valence-corrected chi connectivity index (χ2v) is 14.7. The summed E-state index contributed by atoms with van der Waals surface area (Å²) in [5.41, 5.74) is 0.781. The van der Waals surface area contributed by atoms with E-state index in [1.807, 2.05) is 0 Å². The van der Waals surface area contributed by atoms with E-state index in [1.54, 1.807) is 52.1 Å². The van der Waals surface area contributed by atoms with Gasteiger partial charge in [-0.25, -0.2) is 9.59 Å². The average molecular weight is 729 g/mol. The third-order valence-corrected chi connectivity index (χ3v) is 10.9. The summed E-state index contributed by atoms with van der Waals surface area (Å²) in [5, 5.41) is 17.1. The number of nitrogens with one attached hydrogen (secondary N) is 2. The molecule has 3 N–H and O–H groups in total. The van der Waals surface area contributed by atoms with E-state index in [1.165, 1.54) is 4.90 Å². The van der Waals surface area contributed by atoms with Crippen LogP contribution in [0.1, 0.15) is 90.5 Å². The standard InChI is InChI=1S/C34H54ClN4O9P/c1-5-36-33(43)37-20-21-39(4)31(41)19-17-27(32(42)49(45,47-6-2)48-7-3)16-18-30(40)29(23-25-12-9-8-10-13-25)38-34(44)46-24-26-14-11-15-28(35)22-26/h11,14-15,22,25,27,32,42H,5-10,12-13,16-21,23-24H2,1-4H3,(H2,36,37,43)/b38-29+/t27-,32?/m0/s1. The van der Waals surface area contributed by atoms with Gasteiger partial charge in [-0.1, -0.05) is 55.8 Å². The smallest absolute Gasteiger partial charge is 0.434 e. The van der Waals surface area contributed by atoms with Gasteiger partial charge in [-0.15, -0.1) is 0 Å². The third-order valence-electron chi connectivity index (χ3n) is 8.34. The molecule has 1 unspecified atom stereocenters. The van der Waals surface area contributed by atoms with Crippen molar-refractivity contribution in [1.29, 1.82) is 0 Å². The topological polar surface area (TPSA) is 173 Å². The zero-order chi connectivity index (χ0) is 36.2. The van der Waals surface area contributed by atoms with Crippen LogP contribution in [-0.4, -0.2) is 85.3 Å². The quantitative estimate of drug-likeness (QED) is 0.0944. The number of benzene rings is 1. The fourth-order valence-corrected chi connectivity index (χ4v) is 7.82. The molecule has 13 nitrogen and oxygen atoms in total. The Kier molecular flexibility index (Phi) is 19.7. The van der Waals surface area contributed by atoms with Crippen molar-refractivity contribution in [1.82, 2.24) is 15.5 Å². The molecule has 0 radical (unpaired) electrons. The van der Waals surface area contributed by atoms with Crippen LogP contribution < -0.4 is 10.6 Å². The average Bonchev–Trinajstić information content (AvgIpc) is 3.07. The number of likely N-dealkylation sites (N-methyl/N-ethyl adjacent to an activating group) is 1. The molecule has 2 atom stereocenters. The van der Waals surface area contributed by atoms with Gasteiger partial charge in [0.05, 0.1) is 18.9 Å². The molecule has 1 fully saturated rings. The largest absolute Gasteiger partial charge is 0.443 e. The van der Waals surface area contributed by atoms with E-state index in [4.69, 9.17) is 25.4 Å². The molecule has 0 spiro atoms. The van der Waals surface area contributed by atoms with Crippen molar-refractivity contribution in [2.45, 2.75) is 97.4 Å². The molecule has 1 aliphatic rings. The van der Waals surface area contributed by atoms with Crippen molar-refractivity contribution in [2.24, 2.45) is 16.8 Å². The number of nitrogens with zero attached hydrogens (tertiary/aromatic N) is 2. The van der Waals surface area contributed by atoms with Crippen molar-refractivity contribution in [3.63, 3.8) is 0 Å². The highest BCUT2D eigenvalue weighted by molar-refractivity contribution is 7.54. The Hall–Kier alpha value is -2.83. The van der Waals surface area contributed by atoms with Crippen LogP contribution in [0, 0.1) is 11.8 Å². The molecule has 1 aromatic rings. The summed E-state index contributed by atoms with van der Waals surface area (Å²) in [6.45, 7) is 6.01. The Balaban J connectivity index is 2.19. The number of urea groups is 1. The lowest BCUT2D eigenvalue weighted by Gasteiger charge is -2.29. The van der Waals surface area contributed by atoms with Crippen LogP contribution in [0.15, 0.2) is 29.3 Å². The van der Waals surface area contributed by atoms with Gasteiger partial charge in [-0.2, -0.15) is 4.99 Å². The normalized spacial score (nSPS) is 15.3. The zero-order valence-electron chi connectivity index (χ0n) is 29.3. The lowest BCUT2D eigenvalue weighted by atomic mass is 9.84. The molecular weight excluding hydrogens is 675 g/mol. The minimum absolute atomic E-state index is 0.0231. The van der Waals surface area contributed by atoms with Gasteiger partial charge in [-0.3, -0.25) is 14.2 Å². The van der Waals surface area contributed by atoms with E-state index in [0.717, 1.165) is 32.1 Å². The Morgan fingerprint density at radius 3 is 2.35 bits per heavy atom. The van der Waals surface area contributed by atoms with Crippen LogP contribution in [0.4, 0.5) is 9.59 Å². The number of aliphatic hydroxyl groups is 1. The Morgan fingerprint density at radius 1 is 1.04 bits per heavy atom. The summed E-state index contributed by atoms with van der Waals surface area (Å²) in [5.74, 6) is -2.86. The van der Waals surface area contributed by atoms with E-state index in [0.29, 0.717) is 23.6 Å². The van der Waals surface area contributed by atoms with Gasteiger partial charge in [0, 0.05) is 44.5 Å². The van der Waals surface area contributed by atoms with E-state index in [2.05, 4.69) is 15.6 Å². The molecule has 1 aromatic carbocycles. The highest BCUT2D eigenvalue weighted by atomic mass is 35.5. The van der Waals surface area contributed by atoms with Crippen LogP contribution in [0.5, 0.6) is 0 Å². The first kappa shape index (κ1) is 42.3. The van der Waals surface area contributed by atoms with E-state index in [9.17, 15) is 28.8 Å². The van der Waals surface area contributed by atoms with Crippen LogP contribution in [0.25, 0.3) is 0 Å². The van der Waals surface area contributed by atoms with Crippen LogP contribution in [-0.2, 0) is 34.5 Å². The summed E-state index contributed by atoms with van der Waals surface area (Å²) >= 11 is 6.03. The molecule has 0 bridgehead atoms. The van der Waals surface area contributed by atoms with Crippen molar-refractivity contribution >= 4 is 48.7 Å². The van der Waals surface area contributed by atoms with Crippen LogP contribution >= 0.6 is 19.2 Å². The second kappa shape index (κ2) is 22.8. The zero-order valence-corrected chi connectivity index (χ0v) is 30.9. The molecule has 4 amide bonds. The van der Waals surface area contributed by atoms with E-state index in [-0.39, 0.29) is 87.9 Å². The Bertz CT molecular complexity index is 1280. The van der Waals surface area contributed by atoms with E-state index < -0.39 is 25.5 Å². The molecule has 276 valence electrons. The Morgan fingerprint density at radius 2 is 1.71 bits per heavy atom. The number of aliphatic hydroxyl groups excluding tert-OH is 1. The fourth-order valence-electron chi connectivity index (χ4n) is 5.70. The first-order chi connectivity index (χ1) is 23.4. The number of halogens is 1. The molecule has 1 saturated carbocycles. The monoisotopic (exact) mass is 728 g/mol. The van der Waals surface area contributed by atoms with E-state index >= 15 is 0 Å². The van der Waals surface area contributed by atoms with Gasteiger partial charge < -0.3 is 34.4 Å². The van der Waals surface area contributed by atoms with Gasteiger partial charge >= 0.3 is 19.7 Å². The summed E-state index contributed by atoms with van der Waals surface area (Å²) in [6.07, 6.45) is 4.46. The van der Waals surface area contributed by atoms with Crippen molar-refractivity contribution in [3.8, 4) is 0 Å². The molecule has 0 aromatic heterocycles. The minimum atomic E-state index is -4.01. The number of hydrogen-bond donors (Lipinski definition) is 3. The minimum Gasteiger partial charge on any atom is -0.443 e. The molecule has 49 heavy (non-hydrogen) atoms. The van der Waals surface area contributed by atoms with Crippen molar-refractivity contribution in [3.05, 3.63) is 34.9 Å². The Labute approximate surface area is 295 Å². The lowest BCUT2D eigenvalue weighted by molar-refractivity contribution is -0.130. The summed E-state index contributed by atoms with van der Waals surface area (Å²) < 4.78 is 29.7. The van der Waals surface area contributed by atoms with Crippen molar-refractivity contribution in [2.75, 3.05) is 39.9 Å². The molecule has 2 rings (SSSR count). The highest BCUT2D eigenvalue weighted by Gasteiger charge is 2.40. The maximum Gasteiger partial charge on any atom is 0.434 e. The first-order valence-corrected chi connectivity index (χ1v) is 19.3. The molecular formula is C34H54ClN4O9P. The van der Waals surface area contributed by atoms with Crippen LogP contribution in [0.3, 0.4) is 0 Å². The van der Waals surface area contributed by atoms with Gasteiger partial charge in [-0.05, 0) is 69.6 Å². The number of Topliss-reactive ketones (excluding diaryl/α,β-unsaturated/α-hetero) is 1. The fraction of sp³-hybridized carbons (Fsp3) is 0.676.